The van der Waals surface area contributed by atoms with Crippen LogP contribution in [0.25, 0.3) is 0 Å². The molecule has 0 radical (unpaired) electrons. The van der Waals surface area contributed by atoms with Gasteiger partial charge in [-0.15, -0.1) is 0 Å². The van der Waals surface area contributed by atoms with Crippen LogP contribution in [-0.4, -0.2) is 32.0 Å². The van der Waals surface area contributed by atoms with Crippen molar-refractivity contribution in [1.82, 2.24) is 10.3 Å². The highest BCUT2D eigenvalue weighted by atomic mass is 32.2. The van der Waals surface area contributed by atoms with Crippen LogP contribution in [0.2, 0.25) is 0 Å². The molecule has 0 aliphatic carbocycles. The van der Waals surface area contributed by atoms with E-state index < -0.39 is 9.84 Å². The van der Waals surface area contributed by atoms with Gasteiger partial charge >= 0.3 is 0 Å². The minimum Gasteiger partial charge on any atom is -0.310 e. The molecule has 102 valence electrons. The van der Waals surface area contributed by atoms with Gasteiger partial charge in [0.15, 0.2) is 0 Å². The van der Waals surface area contributed by atoms with Crippen molar-refractivity contribution in [2.45, 2.75) is 25.8 Å². The first-order valence-corrected chi connectivity index (χ1v) is 8.00. The third kappa shape index (κ3) is 5.10. The van der Waals surface area contributed by atoms with Crippen LogP contribution in [0.1, 0.15) is 31.4 Å². The maximum absolute atomic E-state index is 13.6. The van der Waals surface area contributed by atoms with E-state index in [1.807, 2.05) is 6.92 Å². The molecule has 0 aliphatic heterocycles. The molecule has 0 aliphatic rings. The molecular weight excluding hydrogens is 255 g/mol. The van der Waals surface area contributed by atoms with E-state index in [0.29, 0.717) is 24.9 Å². The van der Waals surface area contributed by atoms with Crippen LogP contribution >= 0.6 is 0 Å². The minimum atomic E-state index is -2.96. The van der Waals surface area contributed by atoms with Crippen molar-refractivity contribution in [2.75, 3.05) is 18.6 Å². The van der Waals surface area contributed by atoms with Gasteiger partial charge in [0, 0.05) is 29.8 Å². The van der Waals surface area contributed by atoms with Crippen molar-refractivity contribution in [3.8, 4) is 0 Å². The second kappa shape index (κ2) is 6.80. The van der Waals surface area contributed by atoms with E-state index in [1.54, 1.807) is 12.3 Å². The van der Waals surface area contributed by atoms with Crippen LogP contribution in [0, 0.1) is 5.82 Å². The number of nitrogens with zero attached hydrogens (tertiary/aromatic N) is 1. The zero-order valence-corrected chi connectivity index (χ0v) is 11.5. The van der Waals surface area contributed by atoms with Crippen LogP contribution in [0.3, 0.4) is 0 Å². The van der Waals surface area contributed by atoms with Crippen molar-refractivity contribution < 1.29 is 12.8 Å². The summed E-state index contributed by atoms with van der Waals surface area (Å²) in [7, 11) is -2.96. The summed E-state index contributed by atoms with van der Waals surface area (Å²) in [5.41, 5.74) is 0.542. The molecule has 1 aromatic rings. The van der Waals surface area contributed by atoms with Crippen molar-refractivity contribution in [2.24, 2.45) is 0 Å². The van der Waals surface area contributed by atoms with Gasteiger partial charge in [-0.3, -0.25) is 4.98 Å². The molecule has 1 unspecified atom stereocenters. The van der Waals surface area contributed by atoms with Crippen molar-refractivity contribution in [1.29, 1.82) is 0 Å². The van der Waals surface area contributed by atoms with E-state index in [1.165, 1.54) is 12.5 Å². The number of hydrogen-bond acceptors (Lipinski definition) is 4. The molecule has 0 bridgehead atoms. The lowest BCUT2D eigenvalue weighted by atomic mass is 10.0. The van der Waals surface area contributed by atoms with Gasteiger partial charge in [-0.2, -0.15) is 0 Å². The lowest BCUT2D eigenvalue weighted by Crippen LogP contribution is -2.22. The standard InChI is InChI=1S/C12H19FN2O2S/c1-3-15-12(5-4-8-18(2,16)17)10-6-7-14-9-11(10)13/h6-7,9,12,15H,3-5,8H2,1-2H3. The Kier molecular flexibility index (Phi) is 5.68. The average molecular weight is 274 g/mol. The van der Waals surface area contributed by atoms with Gasteiger partial charge in [0.05, 0.1) is 6.20 Å². The van der Waals surface area contributed by atoms with Gasteiger partial charge in [0.25, 0.3) is 0 Å². The second-order valence-corrected chi connectivity index (χ2v) is 6.54. The highest BCUT2D eigenvalue weighted by Gasteiger charge is 2.15. The van der Waals surface area contributed by atoms with Crippen LogP contribution in [0.15, 0.2) is 18.5 Å². The largest absolute Gasteiger partial charge is 0.310 e. The summed E-state index contributed by atoms with van der Waals surface area (Å²) in [6, 6.07) is 1.46. The molecule has 1 heterocycles. The number of nitrogens with one attached hydrogen (secondary N) is 1. The van der Waals surface area contributed by atoms with Crippen LogP contribution in [0.5, 0.6) is 0 Å². The molecule has 0 fully saturated rings. The number of halogens is 1. The molecule has 0 saturated heterocycles. The van der Waals surface area contributed by atoms with E-state index in [0.717, 1.165) is 0 Å². The first kappa shape index (κ1) is 15.0. The smallest absolute Gasteiger partial charge is 0.147 e. The van der Waals surface area contributed by atoms with Crippen LogP contribution < -0.4 is 5.32 Å². The van der Waals surface area contributed by atoms with Crippen molar-refractivity contribution in [3.05, 3.63) is 29.8 Å². The minimum absolute atomic E-state index is 0.127. The molecular formula is C12H19FN2O2S. The Morgan fingerprint density at radius 2 is 2.22 bits per heavy atom. The SMILES string of the molecule is CCNC(CCCS(C)(=O)=O)c1ccncc1F. The summed E-state index contributed by atoms with van der Waals surface area (Å²) < 4.78 is 35.7. The van der Waals surface area contributed by atoms with E-state index in [9.17, 15) is 12.8 Å². The second-order valence-electron chi connectivity index (χ2n) is 4.28. The van der Waals surface area contributed by atoms with Crippen molar-refractivity contribution in [3.63, 3.8) is 0 Å². The predicted octanol–water partition coefficient (Wildman–Crippen LogP) is 1.70. The summed E-state index contributed by atoms with van der Waals surface area (Å²) in [6.45, 7) is 2.63. The maximum Gasteiger partial charge on any atom is 0.147 e. The average Bonchev–Trinajstić information content (AvgIpc) is 2.27. The summed E-state index contributed by atoms with van der Waals surface area (Å²) in [6.07, 6.45) is 5.03. The highest BCUT2D eigenvalue weighted by molar-refractivity contribution is 7.90. The highest BCUT2D eigenvalue weighted by Crippen LogP contribution is 2.20. The number of pyridine rings is 1. The fraction of sp³-hybridized carbons (Fsp3) is 0.583. The van der Waals surface area contributed by atoms with Crippen LogP contribution in [-0.2, 0) is 9.84 Å². The topological polar surface area (TPSA) is 59.1 Å². The maximum atomic E-state index is 13.6. The van der Waals surface area contributed by atoms with E-state index in [-0.39, 0.29) is 17.6 Å². The van der Waals surface area contributed by atoms with Crippen molar-refractivity contribution >= 4 is 9.84 Å². The van der Waals surface area contributed by atoms with Crippen LogP contribution in [0.4, 0.5) is 4.39 Å². The summed E-state index contributed by atoms with van der Waals surface area (Å²) >= 11 is 0. The summed E-state index contributed by atoms with van der Waals surface area (Å²) in [5.74, 6) is -0.232. The van der Waals surface area contributed by atoms with Gasteiger partial charge in [-0.05, 0) is 25.5 Å². The number of aromatic nitrogens is 1. The van der Waals surface area contributed by atoms with Gasteiger partial charge in [-0.1, -0.05) is 6.92 Å². The molecule has 0 amide bonds. The molecule has 0 saturated carbocycles. The van der Waals surface area contributed by atoms with Gasteiger partial charge in [0.1, 0.15) is 15.7 Å². The fourth-order valence-corrected chi connectivity index (χ4v) is 2.52. The Labute approximate surface area is 108 Å². The number of rotatable bonds is 7. The normalized spacial score (nSPS) is 13.5. The Balaban J connectivity index is 2.69. The fourth-order valence-electron chi connectivity index (χ4n) is 1.83. The Morgan fingerprint density at radius 1 is 1.50 bits per heavy atom. The Hall–Kier alpha value is -1.01. The first-order valence-electron chi connectivity index (χ1n) is 5.94. The zero-order valence-electron chi connectivity index (χ0n) is 10.7. The molecule has 4 nitrogen and oxygen atoms in total. The Morgan fingerprint density at radius 3 is 2.78 bits per heavy atom. The van der Waals surface area contributed by atoms with Gasteiger partial charge in [0.2, 0.25) is 0 Å². The molecule has 18 heavy (non-hydrogen) atoms. The predicted molar refractivity (Wildman–Crippen MR) is 69.6 cm³/mol. The lowest BCUT2D eigenvalue weighted by Gasteiger charge is -2.18. The molecule has 0 spiro atoms. The zero-order chi connectivity index (χ0) is 13.6. The molecule has 6 heteroatoms. The van der Waals surface area contributed by atoms with E-state index >= 15 is 0 Å². The number of hydrogen-bond donors (Lipinski definition) is 1. The first-order chi connectivity index (χ1) is 8.44. The number of sulfone groups is 1. The van der Waals surface area contributed by atoms with E-state index in [4.69, 9.17) is 0 Å². The summed E-state index contributed by atoms with van der Waals surface area (Å²) in [5, 5.41) is 3.16. The molecule has 1 atom stereocenters. The third-order valence-corrected chi connectivity index (χ3v) is 3.67. The van der Waals surface area contributed by atoms with Gasteiger partial charge in [-0.25, -0.2) is 12.8 Å². The van der Waals surface area contributed by atoms with Gasteiger partial charge < -0.3 is 5.32 Å². The Bertz CT molecular complexity index is 477. The molecule has 1 aromatic heterocycles. The lowest BCUT2D eigenvalue weighted by molar-refractivity contribution is 0.478. The molecule has 0 aromatic carbocycles. The molecule has 1 rings (SSSR count). The molecule has 1 N–H and O–H groups in total. The summed E-state index contributed by atoms with van der Waals surface area (Å²) in [4.78, 5) is 3.71. The quantitative estimate of drug-likeness (QED) is 0.822. The third-order valence-electron chi connectivity index (χ3n) is 2.64. The van der Waals surface area contributed by atoms with E-state index in [2.05, 4.69) is 10.3 Å². The monoisotopic (exact) mass is 274 g/mol.